The number of hydrogen-bond donors (Lipinski definition) is 0. The average Bonchev–Trinajstić information content (AvgIpc) is 3.30. The molecule has 0 aliphatic carbocycles. The zero-order chi connectivity index (χ0) is 22.5. The summed E-state index contributed by atoms with van der Waals surface area (Å²) in [6.45, 7) is 7.23. The third-order valence-corrected chi connectivity index (χ3v) is 6.60. The van der Waals surface area contributed by atoms with E-state index in [0.717, 1.165) is 42.0 Å². The third-order valence-electron chi connectivity index (χ3n) is 5.70. The van der Waals surface area contributed by atoms with E-state index in [1.54, 1.807) is 34.2 Å². The highest BCUT2D eigenvalue weighted by Gasteiger charge is 2.14. The zero-order valence-corrected chi connectivity index (χ0v) is 19.1. The van der Waals surface area contributed by atoms with E-state index in [2.05, 4.69) is 48.4 Å². The minimum Gasteiger partial charge on any atom is -0.299 e. The van der Waals surface area contributed by atoms with Crippen molar-refractivity contribution in [1.29, 1.82) is 5.26 Å². The third kappa shape index (κ3) is 4.43. The Morgan fingerprint density at radius 2 is 1.66 bits per heavy atom. The van der Waals surface area contributed by atoms with Gasteiger partial charge in [-0.25, -0.2) is 0 Å². The van der Waals surface area contributed by atoms with Crippen molar-refractivity contribution in [1.82, 2.24) is 9.47 Å². The van der Waals surface area contributed by atoms with E-state index in [9.17, 15) is 10.1 Å². The molecule has 0 fully saturated rings. The number of hydrogen-bond acceptors (Lipinski definition) is 4. The topological polar surface area (TPSA) is 49.0 Å². The second-order valence-electron chi connectivity index (χ2n) is 7.55. The smallest absolute Gasteiger partial charge is 0.255 e. The van der Waals surface area contributed by atoms with Gasteiger partial charge in [0.05, 0.1) is 11.6 Å². The standard InChI is InChI=1S/C27H25N3OS/c1-3-29(4-2)19-26-25(12-14-32-26)22-15-21(24-10-6-5-9-20(24)18-28)16-23(17-22)30-13-8-7-11-27(30)31/h5-17H,3-4,19H2,1-2H3. The van der Waals surface area contributed by atoms with E-state index in [-0.39, 0.29) is 5.56 Å². The molecule has 0 amide bonds. The SMILES string of the molecule is CCN(CC)Cc1sccc1-c1cc(-c2ccccc2C#N)cc(-n2ccccc2=O)c1. The summed E-state index contributed by atoms with van der Waals surface area (Å²) >= 11 is 1.76. The molecule has 2 heterocycles. The van der Waals surface area contributed by atoms with E-state index >= 15 is 0 Å². The average molecular weight is 440 g/mol. The number of benzene rings is 2. The second kappa shape index (κ2) is 9.78. The molecular formula is C27H25N3OS. The van der Waals surface area contributed by atoms with Gasteiger partial charge in [-0.15, -0.1) is 11.3 Å². The molecule has 160 valence electrons. The quantitative estimate of drug-likeness (QED) is 0.358. The molecule has 0 bridgehead atoms. The lowest BCUT2D eigenvalue weighted by molar-refractivity contribution is 0.299. The predicted octanol–water partition coefficient (Wildman–Crippen LogP) is 5.95. The maximum absolute atomic E-state index is 12.6. The van der Waals surface area contributed by atoms with Gasteiger partial charge in [-0.2, -0.15) is 5.26 Å². The molecule has 5 heteroatoms. The molecule has 0 saturated heterocycles. The second-order valence-corrected chi connectivity index (χ2v) is 8.55. The van der Waals surface area contributed by atoms with Gasteiger partial charge < -0.3 is 0 Å². The van der Waals surface area contributed by atoms with Crippen LogP contribution in [0.15, 0.2) is 83.1 Å². The molecule has 4 rings (SSSR count). The van der Waals surface area contributed by atoms with Gasteiger partial charge in [0.1, 0.15) is 0 Å². The van der Waals surface area contributed by atoms with Crippen LogP contribution in [0, 0.1) is 11.3 Å². The molecular weight excluding hydrogens is 414 g/mol. The van der Waals surface area contributed by atoms with Crippen molar-refractivity contribution in [2.24, 2.45) is 0 Å². The number of aromatic nitrogens is 1. The van der Waals surface area contributed by atoms with Crippen LogP contribution in [0.1, 0.15) is 24.3 Å². The van der Waals surface area contributed by atoms with Crippen LogP contribution in [0.2, 0.25) is 0 Å². The van der Waals surface area contributed by atoms with Crippen molar-refractivity contribution in [3.8, 4) is 34.0 Å². The number of thiophene rings is 1. The van der Waals surface area contributed by atoms with Gasteiger partial charge in [0.25, 0.3) is 5.56 Å². The van der Waals surface area contributed by atoms with Crippen molar-refractivity contribution in [3.05, 3.63) is 99.1 Å². The first-order valence-corrected chi connectivity index (χ1v) is 11.6. The van der Waals surface area contributed by atoms with E-state index in [1.807, 2.05) is 36.4 Å². The molecule has 0 saturated carbocycles. The first kappa shape index (κ1) is 21.8. The fourth-order valence-corrected chi connectivity index (χ4v) is 4.84. The first-order valence-electron chi connectivity index (χ1n) is 10.8. The Bertz CT molecular complexity index is 1320. The Morgan fingerprint density at radius 3 is 2.38 bits per heavy atom. The van der Waals surface area contributed by atoms with Gasteiger partial charge in [-0.1, -0.05) is 38.1 Å². The van der Waals surface area contributed by atoms with E-state index in [0.29, 0.717) is 5.56 Å². The summed E-state index contributed by atoms with van der Waals surface area (Å²) in [7, 11) is 0. The molecule has 0 unspecified atom stereocenters. The van der Waals surface area contributed by atoms with Crippen LogP contribution in [-0.2, 0) is 6.54 Å². The molecule has 32 heavy (non-hydrogen) atoms. The van der Waals surface area contributed by atoms with Crippen molar-refractivity contribution in [2.45, 2.75) is 20.4 Å². The largest absolute Gasteiger partial charge is 0.299 e. The van der Waals surface area contributed by atoms with E-state index in [1.165, 1.54) is 10.4 Å². The summed E-state index contributed by atoms with van der Waals surface area (Å²) in [5.41, 5.74) is 5.32. The molecule has 4 aromatic rings. The monoisotopic (exact) mass is 439 g/mol. The summed E-state index contributed by atoms with van der Waals surface area (Å²) in [6.07, 6.45) is 1.78. The Kier molecular flexibility index (Phi) is 6.65. The molecule has 4 nitrogen and oxygen atoms in total. The van der Waals surface area contributed by atoms with Crippen molar-refractivity contribution in [3.63, 3.8) is 0 Å². The Morgan fingerprint density at radius 1 is 0.938 bits per heavy atom. The summed E-state index contributed by atoms with van der Waals surface area (Å²) in [5.74, 6) is 0. The summed E-state index contributed by atoms with van der Waals surface area (Å²) in [6, 6.07) is 23.4. The molecule has 0 aliphatic heterocycles. The van der Waals surface area contributed by atoms with Crippen LogP contribution in [0.3, 0.4) is 0 Å². The summed E-state index contributed by atoms with van der Waals surface area (Å²) in [4.78, 5) is 16.3. The maximum atomic E-state index is 12.6. The van der Waals surface area contributed by atoms with Crippen LogP contribution in [0.4, 0.5) is 0 Å². The van der Waals surface area contributed by atoms with Gasteiger partial charge in [0.2, 0.25) is 0 Å². The number of nitrogens with zero attached hydrogens (tertiary/aromatic N) is 3. The van der Waals surface area contributed by atoms with Crippen LogP contribution in [-0.4, -0.2) is 22.6 Å². The van der Waals surface area contributed by atoms with Crippen LogP contribution < -0.4 is 5.56 Å². The minimum atomic E-state index is -0.0853. The molecule has 0 atom stereocenters. The van der Waals surface area contributed by atoms with Gasteiger partial charge in [-0.05, 0) is 77.1 Å². The number of rotatable bonds is 7. The van der Waals surface area contributed by atoms with Gasteiger partial charge in [0, 0.05) is 29.4 Å². The maximum Gasteiger partial charge on any atom is 0.255 e. The van der Waals surface area contributed by atoms with E-state index < -0.39 is 0 Å². The van der Waals surface area contributed by atoms with Gasteiger partial charge in [0.15, 0.2) is 0 Å². The highest BCUT2D eigenvalue weighted by molar-refractivity contribution is 7.10. The highest BCUT2D eigenvalue weighted by atomic mass is 32.1. The van der Waals surface area contributed by atoms with Crippen molar-refractivity contribution in [2.75, 3.05) is 13.1 Å². The van der Waals surface area contributed by atoms with Crippen LogP contribution in [0.25, 0.3) is 27.9 Å². The molecule has 0 radical (unpaired) electrons. The first-order chi connectivity index (χ1) is 15.6. The molecule has 2 aromatic heterocycles. The zero-order valence-electron chi connectivity index (χ0n) is 18.3. The van der Waals surface area contributed by atoms with Gasteiger partial charge in [-0.3, -0.25) is 14.3 Å². The normalized spacial score (nSPS) is 10.9. The lowest BCUT2D eigenvalue weighted by Crippen LogP contribution is -2.21. The lowest BCUT2D eigenvalue weighted by Gasteiger charge is -2.18. The predicted molar refractivity (Wildman–Crippen MR) is 132 cm³/mol. The molecule has 0 aliphatic rings. The summed E-state index contributed by atoms with van der Waals surface area (Å²) < 4.78 is 1.65. The van der Waals surface area contributed by atoms with Crippen molar-refractivity contribution < 1.29 is 0 Å². The van der Waals surface area contributed by atoms with E-state index in [4.69, 9.17) is 0 Å². The Labute approximate surface area is 192 Å². The Balaban J connectivity index is 1.92. The fraction of sp³-hybridized carbons (Fsp3) is 0.185. The van der Waals surface area contributed by atoms with Crippen LogP contribution in [0.5, 0.6) is 0 Å². The van der Waals surface area contributed by atoms with Crippen LogP contribution >= 0.6 is 11.3 Å². The van der Waals surface area contributed by atoms with Gasteiger partial charge >= 0.3 is 0 Å². The Hall–Kier alpha value is -3.46. The molecule has 2 aromatic carbocycles. The minimum absolute atomic E-state index is 0.0853. The molecule has 0 N–H and O–H groups in total. The van der Waals surface area contributed by atoms with Crippen molar-refractivity contribution >= 4 is 11.3 Å². The number of nitriles is 1. The molecule has 0 spiro atoms. The summed E-state index contributed by atoms with van der Waals surface area (Å²) in [5, 5.41) is 11.8. The number of pyridine rings is 1. The fourth-order valence-electron chi connectivity index (χ4n) is 3.90. The lowest BCUT2D eigenvalue weighted by atomic mass is 9.95. The highest BCUT2D eigenvalue weighted by Crippen LogP contribution is 2.35.